The van der Waals surface area contributed by atoms with E-state index in [0.29, 0.717) is 43.2 Å². The molecule has 96 valence electrons. The Morgan fingerprint density at radius 3 is 2.67 bits per heavy atom. The summed E-state index contributed by atoms with van der Waals surface area (Å²) in [5, 5.41) is 11.1. The van der Waals surface area contributed by atoms with E-state index in [1.54, 1.807) is 0 Å². The van der Waals surface area contributed by atoms with Crippen LogP contribution in [-0.2, 0) is 9.53 Å². The Kier molecular flexibility index (Phi) is 3.83. The monoisotopic (exact) mass is 268 g/mol. The Morgan fingerprint density at radius 1 is 1.44 bits per heavy atom. The summed E-state index contributed by atoms with van der Waals surface area (Å²) < 4.78 is 5.22. The first-order valence-electron chi connectivity index (χ1n) is 5.54. The number of ether oxygens (including phenoxy) is 1. The van der Waals surface area contributed by atoms with E-state index in [1.165, 1.54) is 6.08 Å². The van der Waals surface area contributed by atoms with Gasteiger partial charge in [0.2, 0.25) is 0 Å². The van der Waals surface area contributed by atoms with Crippen molar-refractivity contribution in [3.8, 4) is 0 Å². The van der Waals surface area contributed by atoms with E-state index in [1.807, 2.05) is 4.90 Å². The van der Waals surface area contributed by atoms with Gasteiger partial charge >= 0.3 is 0 Å². The van der Waals surface area contributed by atoms with E-state index in [4.69, 9.17) is 17.0 Å². The van der Waals surface area contributed by atoms with Crippen molar-refractivity contribution >= 4 is 23.4 Å². The Balaban J connectivity index is 2.38. The molecule has 0 spiro atoms. The summed E-state index contributed by atoms with van der Waals surface area (Å²) in [6.45, 7) is 2.32. The quantitative estimate of drug-likeness (QED) is 0.325. The van der Waals surface area contributed by atoms with Crippen molar-refractivity contribution in [3.63, 3.8) is 0 Å². The van der Waals surface area contributed by atoms with Crippen LogP contribution < -0.4 is 0 Å². The first-order chi connectivity index (χ1) is 8.63. The van der Waals surface area contributed by atoms with Crippen LogP contribution in [0.3, 0.4) is 0 Å². The standard InChI is InChI=1S/C11H12N2O4S/c14-7-8-5-10(13(15)16)9(6-11(8)18)12-1-3-17-4-2-12/h5,7H,1-4,6H2. The van der Waals surface area contributed by atoms with E-state index >= 15 is 0 Å². The predicted molar refractivity (Wildman–Crippen MR) is 67.8 cm³/mol. The number of allylic oxidation sites excluding steroid dienone is 3. The van der Waals surface area contributed by atoms with Gasteiger partial charge < -0.3 is 9.64 Å². The minimum Gasteiger partial charge on any atom is -0.378 e. The van der Waals surface area contributed by atoms with E-state index < -0.39 is 4.92 Å². The third-order valence-corrected chi connectivity index (χ3v) is 3.33. The molecule has 18 heavy (non-hydrogen) atoms. The van der Waals surface area contributed by atoms with Gasteiger partial charge in [0.05, 0.1) is 23.8 Å². The van der Waals surface area contributed by atoms with E-state index in [-0.39, 0.29) is 17.7 Å². The number of carbonyl (C=O) groups is 1. The van der Waals surface area contributed by atoms with Gasteiger partial charge in [0.1, 0.15) is 0 Å². The second-order valence-corrected chi connectivity index (χ2v) is 4.50. The van der Waals surface area contributed by atoms with Gasteiger partial charge in [-0.2, -0.15) is 0 Å². The third-order valence-electron chi connectivity index (χ3n) is 2.95. The Morgan fingerprint density at radius 2 is 2.11 bits per heavy atom. The Hall–Kier alpha value is -1.60. The topological polar surface area (TPSA) is 72.7 Å². The summed E-state index contributed by atoms with van der Waals surface area (Å²) >= 11 is 5.10. The first kappa shape index (κ1) is 12.8. The highest BCUT2D eigenvalue weighted by atomic mass is 32.1. The molecule has 1 aliphatic carbocycles. The van der Waals surface area contributed by atoms with Gasteiger partial charge in [-0.3, -0.25) is 14.9 Å². The number of hydrogen-bond donors (Lipinski definition) is 0. The molecule has 0 atom stereocenters. The molecule has 1 aliphatic heterocycles. The number of nitro groups is 1. The molecular weight excluding hydrogens is 256 g/mol. The summed E-state index contributed by atoms with van der Waals surface area (Å²) in [6, 6.07) is 0. The van der Waals surface area contributed by atoms with Gasteiger partial charge in [0, 0.05) is 36.0 Å². The van der Waals surface area contributed by atoms with E-state index in [9.17, 15) is 14.9 Å². The van der Waals surface area contributed by atoms with Crippen molar-refractivity contribution in [1.29, 1.82) is 0 Å². The maximum absolute atomic E-state index is 11.1. The smallest absolute Gasteiger partial charge is 0.289 e. The molecule has 0 N–H and O–H groups in total. The van der Waals surface area contributed by atoms with Crippen molar-refractivity contribution in [2.24, 2.45) is 0 Å². The van der Waals surface area contributed by atoms with E-state index in [0.717, 1.165) is 0 Å². The summed E-state index contributed by atoms with van der Waals surface area (Å²) in [4.78, 5) is 23.8. The molecule has 1 heterocycles. The summed E-state index contributed by atoms with van der Waals surface area (Å²) in [5.41, 5.74) is 0.778. The highest BCUT2D eigenvalue weighted by Crippen LogP contribution is 2.25. The molecule has 0 radical (unpaired) electrons. The van der Waals surface area contributed by atoms with Gasteiger partial charge in [-0.25, -0.2) is 0 Å². The fraction of sp³-hybridized carbons (Fsp3) is 0.455. The minimum atomic E-state index is -0.462. The molecule has 0 saturated carbocycles. The summed E-state index contributed by atoms with van der Waals surface area (Å²) in [7, 11) is 0. The lowest BCUT2D eigenvalue weighted by molar-refractivity contribution is -0.421. The normalized spacial score (nSPS) is 20.8. The molecule has 0 unspecified atom stereocenters. The number of carbonyl (C=O) groups excluding carboxylic acids is 1. The number of morpholine rings is 1. The van der Waals surface area contributed by atoms with Crippen LogP contribution in [0.15, 0.2) is 23.0 Å². The van der Waals surface area contributed by atoms with Crippen molar-refractivity contribution in [2.45, 2.75) is 6.42 Å². The number of hydrogen-bond acceptors (Lipinski definition) is 6. The summed E-state index contributed by atoms with van der Waals surface area (Å²) in [5.74, 6) is 0. The van der Waals surface area contributed by atoms with Gasteiger partial charge in [-0.1, -0.05) is 12.2 Å². The molecule has 0 aromatic rings. The van der Waals surface area contributed by atoms with Crippen LogP contribution in [0, 0.1) is 10.1 Å². The van der Waals surface area contributed by atoms with Gasteiger partial charge in [0.25, 0.3) is 5.70 Å². The van der Waals surface area contributed by atoms with Crippen LogP contribution in [0.5, 0.6) is 0 Å². The average Bonchev–Trinajstić information content (AvgIpc) is 2.39. The molecule has 7 heteroatoms. The molecule has 6 nitrogen and oxygen atoms in total. The van der Waals surface area contributed by atoms with Crippen molar-refractivity contribution in [1.82, 2.24) is 4.90 Å². The number of thiocarbonyl (C=S) groups is 1. The fourth-order valence-corrected chi connectivity index (χ4v) is 2.26. The summed E-state index contributed by atoms with van der Waals surface area (Å²) in [6.07, 6.45) is 2.11. The maximum Gasteiger partial charge on any atom is 0.289 e. The molecule has 1 fully saturated rings. The Labute approximate surface area is 109 Å². The van der Waals surface area contributed by atoms with Crippen LogP contribution in [0.2, 0.25) is 0 Å². The molecular formula is C11H12N2O4S. The second kappa shape index (κ2) is 5.36. The molecule has 2 aliphatic rings. The molecule has 0 bridgehead atoms. The first-order valence-corrected chi connectivity index (χ1v) is 5.94. The van der Waals surface area contributed by atoms with Crippen LogP contribution in [0.25, 0.3) is 0 Å². The Bertz CT molecular complexity index is 464. The van der Waals surface area contributed by atoms with Crippen LogP contribution in [-0.4, -0.2) is 47.3 Å². The van der Waals surface area contributed by atoms with Crippen molar-refractivity contribution in [3.05, 3.63) is 33.2 Å². The lowest BCUT2D eigenvalue weighted by atomic mass is 10.00. The van der Waals surface area contributed by atoms with Gasteiger partial charge in [-0.15, -0.1) is 0 Å². The fourth-order valence-electron chi connectivity index (χ4n) is 2.02. The van der Waals surface area contributed by atoms with Crippen molar-refractivity contribution < 1.29 is 14.5 Å². The number of aldehydes is 1. The molecule has 2 rings (SSSR count). The van der Waals surface area contributed by atoms with Crippen LogP contribution in [0.4, 0.5) is 0 Å². The van der Waals surface area contributed by atoms with Crippen molar-refractivity contribution in [2.75, 3.05) is 26.3 Å². The maximum atomic E-state index is 11.1. The van der Waals surface area contributed by atoms with E-state index in [2.05, 4.69) is 0 Å². The highest BCUT2D eigenvalue weighted by molar-refractivity contribution is 7.81. The largest absolute Gasteiger partial charge is 0.378 e. The average molecular weight is 268 g/mol. The van der Waals surface area contributed by atoms with Crippen LogP contribution >= 0.6 is 12.2 Å². The lowest BCUT2D eigenvalue weighted by Gasteiger charge is -2.31. The van der Waals surface area contributed by atoms with Crippen LogP contribution in [0.1, 0.15) is 6.42 Å². The third kappa shape index (κ3) is 2.46. The lowest BCUT2D eigenvalue weighted by Crippen LogP contribution is -2.38. The zero-order valence-corrected chi connectivity index (χ0v) is 10.4. The van der Waals surface area contributed by atoms with Gasteiger partial charge in [0.15, 0.2) is 6.29 Å². The zero-order valence-electron chi connectivity index (χ0n) is 9.63. The predicted octanol–water partition coefficient (Wildman–Crippen LogP) is 0.706. The zero-order chi connectivity index (χ0) is 13.1. The van der Waals surface area contributed by atoms with Gasteiger partial charge in [-0.05, 0) is 0 Å². The SMILES string of the molecule is O=CC1=CC([N+](=O)[O-])=C(N2CCOCC2)CC1=S. The molecule has 0 aromatic carbocycles. The minimum absolute atomic E-state index is 0.0346. The molecule has 0 amide bonds. The highest BCUT2D eigenvalue weighted by Gasteiger charge is 2.29. The molecule has 1 saturated heterocycles. The number of rotatable bonds is 3. The number of nitrogens with zero attached hydrogens (tertiary/aromatic N) is 2. The second-order valence-electron chi connectivity index (χ2n) is 4.01. The molecule has 0 aromatic heterocycles.